The Balaban J connectivity index is 2.28. The van der Waals surface area contributed by atoms with Crippen LogP contribution in [0.2, 0.25) is 10.0 Å². The molecule has 20 heavy (non-hydrogen) atoms. The summed E-state index contributed by atoms with van der Waals surface area (Å²) in [5.41, 5.74) is 4.81. The van der Waals surface area contributed by atoms with Crippen molar-refractivity contribution in [3.63, 3.8) is 0 Å². The van der Waals surface area contributed by atoms with Crippen LogP contribution in [0, 0.1) is 0 Å². The Labute approximate surface area is 128 Å². The molecular weight excluding hydrogens is 295 g/mol. The molecule has 0 aliphatic carbocycles. The number of hydrogen-bond donors (Lipinski definition) is 2. The summed E-state index contributed by atoms with van der Waals surface area (Å²) in [7, 11) is 1.64. The molecule has 0 amide bonds. The highest BCUT2D eigenvalue weighted by molar-refractivity contribution is 6.31. The molecule has 0 fully saturated rings. The Morgan fingerprint density at radius 2 is 1.90 bits per heavy atom. The molecule has 3 nitrogen and oxygen atoms in total. The number of hydrogen-bond acceptors (Lipinski definition) is 3. The topological polar surface area (TPSA) is 47.3 Å². The minimum Gasteiger partial charge on any atom is -0.496 e. The largest absolute Gasteiger partial charge is 0.496 e. The molecule has 0 spiro atoms. The minimum absolute atomic E-state index is 0.0685. The van der Waals surface area contributed by atoms with Crippen LogP contribution in [0.25, 0.3) is 0 Å². The molecule has 1 atom stereocenters. The van der Waals surface area contributed by atoms with Crippen molar-refractivity contribution in [2.45, 2.75) is 12.5 Å². The van der Waals surface area contributed by atoms with Gasteiger partial charge in [-0.05, 0) is 47.9 Å². The van der Waals surface area contributed by atoms with Crippen molar-refractivity contribution in [3.05, 3.63) is 63.6 Å². The van der Waals surface area contributed by atoms with E-state index in [9.17, 15) is 0 Å². The number of hydrazine groups is 1. The number of methoxy groups -OCH3 is 1. The summed E-state index contributed by atoms with van der Waals surface area (Å²) >= 11 is 12.1. The molecule has 0 aliphatic rings. The smallest absolute Gasteiger partial charge is 0.122 e. The molecule has 2 aromatic carbocycles. The summed E-state index contributed by atoms with van der Waals surface area (Å²) in [6, 6.07) is 13.1. The first-order chi connectivity index (χ1) is 9.63. The van der Waals surface area contributed by atoms with Crippen LogP contribution in [0.4, 0.5) is 0 Å². The maximum atomic E-state index is 6.04. The SMILES string of the molecule is COc1ccc(Cl)cc1CC(NN)c1cccc(Cl)c1. The van der Waals surface area contributed by atoms with Crippen LogP contribution in [-0.4, -0.2) is 7.11 Å². The lowest BCUT2D eigenvalue weighted by molar-refractivity contribution is 0.405. The van der Waals surface area contributed by atoms with Crippen molar-refractivity contribution in [1.29, 1.82) is 0 Å². The van der Waals surface area contributed by atoms with E-state index in [1.807, 2.05) is 36.4 Å². The summed E-state index contributed by atoms with van der Waals surface area (Å²) in [4.78, 5) is 0. The molecule has 2 aromatic rings. The molecule has 0 heterocycles. The first kappa shape index (κ1) is 15.1. The maximum absolute atomic E-state index is 6.04. The van der Waals surface area contributed by atoms with Crippen LogP contribution < -0.4 is 16.0 Å². The fourth-order valence-electron chi connectivity index (χ4n) is 2.12. The van der Waals surface area contributed by atoms with Crippen molar-refractivity contribution in [3.8, 4) is 5.75 Å². The first-order valence-electron chi connectivity index (χ1n) is 6.18. The third kappa shape index (κ3) is 3.64. The molecule has 106 valence electrons. The highest BCUT2D eigenvalue weighted by Gasteiger charge is 2.14. The lowest BCUT2D eigenvalue weighted by atomic mass is 9.99. The lowest BCUT2D eigenvalue weighted by Gasteiger charge is -2.18. The number of nitrogens with one attached hydrogen (secondary N) is 1. The quantitative estimate of drug-likeness (QED) is 0.653. The molecule has 0 radical (unpaired) electrons. The van der Waals surface area contributed by atoms with Crippen molar-refractivity contribution < 1.29 is 4.74 Å². The van der Waals surface area contributed by atoms with Gasteiger partial charge in [0.2, 0.25) is 0 Å². The molecule has 0 bridgehead atoms. The van der Waals surface area contributed by atoms with Crippen molar-refractivity contribution in [1.82, 2.24) is 5.43 Å². The normalized spacial score (nSPS) is 12.2. The minimum atomic E-state index is -0.0685. The number of halogens is 2. The van der Waals surface area contributed by atoms with Crippen LogP contribution >= 0.6 is 23.2 Å². The Kier molecular flexibility index (Phi) is 5.26. The van der Waals surface area contributed by atoms with Gasteiger partial charge in [-0.2, -0.15) is 0 Å². The van der Waals surface area contributed by atoms with E-state index in [4.69, 9.17) is 33.8 Å². The summed E-state index contributed by atoms with van der Waals surface area (Å²) in [5.74, 6) is 6.45. The zero-order valence-electron chi connectivity index (χ0n) is 11.1. The Morgan fingerprint density at radius 1 is 1.15 bits per heavy atom. The van der Waals surface area contributed by atoms with Crippen LogP contribution in [0.5, 0.6) is 5.75 Å². The van der Waals surface area contributed by atoms with Gasteiger partial charge in [0.05, 0.1) is 13.2 Å². The van der Waals surface area contributed by atoms with E-state index in [0.717, 1.165) is 16.9 Å². The van der Waals surface area contributed by atoms with Crippen LogP contribution in [0.1, 0.15) is 17.2 Å². The van der Waals surface area contributed by atoms with Gasteiger partial charge in [0, 0.05) is 10.0 Å². The van der Waals surface area contributed by atoms with Gasteiger partial charge in [-0.25, -0.2) is 0 Å². The van der Waals surface area contributed by atoms with Crippen LogP contribution in [0.15, 0.2) is 42.5 Å². The van der Waals surface area contributed by atoms with Gasteiger partial charge < -0.3 is 4.74 Å². The van der Waals surface area contributed by atoms with Crippen molar-refractivity contribution in [2.75, 3.05) is 7.11 Å². The van der Waals surface area contributed by atoms with Crippen LogP contribution in [0.3, 0.4) is 0 Å². The van der Waals surface area contributed by atoms with E-state index < -0.39 is 0 Å². The summed E-state index contributed by atoms with van der Waals surface area (Å²) in [6.45, 7) is 0. The summed E-state index contributed by atoms with van der Waals surface area (Å²) in [5, 5.41) is 1.35. The van der Waals surface area contributed by atoms with Gasteiger partial charge in [0.1, 0.15) is 5.75 Å². The summed E-state index contributed by atoms with van der Waals surface area (Å²) in [6.07, 6.45) is 0.653. The van der Waals surface area contributed by atoms with E-state index in [2.05, 4.69) is 5.43 Å². The second-order valence-corrected chi connectivity index (χ2v) is 5.31. The third-order valence-corrected chi connectivity index (χ3v) is 3.59. The molecule has 0 aliphatic heterocycles. The fourth-order valence-corrected chi connectivity index (χ4v) is 2.52. The summed E-state index contributed by atoms with van der Waals surface area (Å²) < 4.78 is 5.35. The first-order valence-corrected chi connectivity index (χ1v) is 6.93. The number of benzene rings is 2. The fraction of sp³-hybridized carbons (Fsp3) is 0.200. The molecule has 2 rings (SSSR count). The van der Waals surface area contributed by atoms with E-state index in [-0.39, 0.29) is 6.04 Å². The number of rotatable bonds is 5. The van der Waals surface area contributed by atoms with Gasteiger partial charge in [-0.15, -0.1) is 0 Å². The Hall–Kier alpha value is -1.26. The predicted molar refractivity (Wildman–Crippen MR) is 83.2 cm³/mol. The molecule has 0 aromatic heterocycles. The molecule has 0 saturated heterocycles. The Bertz CT molecular complexity index is 590. The third-order valence-electron chi connectivity index (χ3n) is 3.12. The molecule has 0 saturated carbocycles. The monoisotopic (exact) mass is 310 g/mol. The second kappa shape index (κ2) is 6.95. The lowest BCUT2D eigenvalue weighted by Crippen LogP contribution is -2.29. The van der Waals surface area contributed by atoms with Crippen LogP contribution in [-0.2, 0) is 6.42 Å². The maximum Gasteiger partial charge on any atom is 0.122 e. The molecule has 3 N–H and O–H groups in total. The average Bonchev–Trinajstić information content (AvgIpc) is 2.45. The van der Waals surface area contributed by atoms with Crippen molar-refractivity contribution in [2.24, 2.45) is 5.84 Å². The average molecular weight is 311 g/mol. The zero-order chi connectivity index (χ0) is 14.5. The van der Waals surface area contributed by atoms with E-state index in [1.54, 1.807) is 13.2 Å². The van der Waals surface area contributed by atoms with Gasteiger partial charge >= 0.3 is 0 Å². The second-order valence-electron chi connectivity index (χ2n) is 4.43. The molecule has 1 unspecified atom stereocenters. The zero-order valence-corrected chi connectivity index (χ0v) is 12.6. The van der Waals surface area contributed by atoms with E-state index in [0.29, 0.717) is 16.5 Å². The Morgan fingerprint density at radius 3 is 2.55 bits per heavy atom. The highest BCUT2D eigenvalue weighted by atomic mass is 35.5. The van der Waals surface area contributed by atoms with Gasteiger partial charge in [-0.1, -0.05) is 35.3 Å². The van der Waals surface area contributed by atoms with Gasteiger partial charge in [0.25, 0.3) is 0 Å². The number of nitrogens with two attached hydrogens (primary N) is 1. The molecular formula is C15H16Cl2N2O. The molecule has 5 heteroatoms. The van der Waals surface area contributed by atoms with Gasteiger partial charge in [0.15, 0.2) is 0 Å². The number of ether oxygens (including phenoxy) is 1. The van der Waals surface area contributed by atoms with Gasteiger partial charge in [-0.3, -0.25) is 11.3 Å². The predicted octanol–water partition coefficient (Wildman–Crippen LogP) is 3.75. The van der Waals surface area contributed by atoms with E-state index >= 15 is 0 Å². The standard InChI is InChI=1S/C15H16Cl2N2O/c1-20-15-6-5-13(17)8-11(15)9-14(19-18)10-3-2-4-12(16)7-10/h2-8,14,19H,9,18H2,1H3. The van der Waals surface area contributed by atoms with Crippen molar-refractivity contribution >= 4 is 23.2 Å². The van der Waals surface area contributed by atoms with E-state index in [1.165, 1.54) is 0 Å². The highest BCUT2D eigenvalue weighted by Crippen LogP contribution is 2.28.